The van der Waals surface area contributed by atoms with E-state index in [4.69, 9.17) is 4.74 Å². The fourth-order valence-corrected chi connectivity index (χ4v) is 3.25. The Morgan fingerprint density at radius 3 is 2.56 bits per heavy atom. The van der Waals surface area contributed by atoms with E-state index < -0.39 is 0 Å². The Balaban J connectivity index is 1.72. The quantitative estimate of drug-likeness (QED) is 0.736. The van der Waals surface area contributed by atoms with Crippen molar-refractivity contribution >= 4 is 11.8 Å². The average Bonchev–Trinajstić information content (AvgIpc) is 2.66. The van der Waals surface area contributed by atoms with Gasteiger partial charge < -0.3 is 15.0 Å². The fraction of sp³-hybridized carbons (Fsp3) is 0.600. The number of piperidine rings is 1. The van der Waals surface area contributed by atoms with Gasteiger partial charge in [-0.25, -0.2) is 0 Å². The second-order valence-electron chi connectivity index (χ2n) is 6.81. The van der Waals surface area contributed by atoms with Gasteiger partial charge in [0.2, 0.25) is 11.8 Å². The summed E-state index contributed by atoms with van der Waals surface area (Å²) in [5.74, 6) is 0.546. The summed E-state index contributed by atoms with van der Waals surface area (Å²) in [5, 5.41) is 2.96. The minimum atomic E-state index is 0.0261. The Morgan fingerprint density at radius 1 is 1.24 bits per heavy atom. The first-order chi connectivity index (χ1) is 12.1. The number of hydrogen-bond acceptors (Lipinski definition) is 3. The first kappa shape index (κ1) is 19.4. The molecule has 0 aromatic heterocycles. The molecule has 1 atom stereocenters. The van der Waals surface area contributed by atoms with Crippen molar-refractivity contribution < 1.29 is 14.3 Å². The largest absolute Gasteiger partial charge is 0.385 e. The first-order valence-corrected chi connectivity index (χ1v) is 9.21. The summed E-state index contributed by atoms with van der Waals surface area (Å²) in [7, 11) is 1.66. The zero-order valence-electron chi connectivity index (χ0n) is 15.4. The number of amides is 2. The third kappa shape index (κ3) is 6.16. The highest BCUT2D eigenvalue weighted by molar-refractivity contribution is 5.80. The minimum absolute atomic E-state index is 0.0261. The number of nitrogens with one attached hydrogen (secondary N) is 1. The zero-order chi connectivity index (χ0) is 18.1. The Labute approximate surface area is 150 Å². The molecule has 1 N–H and O–H groups in total. The normalized spacial score (nSPS) is 16.5. The smallest absolute Gasteiger partial charge is 0.223 e. The molecule has 5 nitrogen and oxygen atoms in total. The second-order valence-corrected chi connectivity index (χ2v) is 6.81. The molecule has 0 unspecified atom stereocenters. The van der Waals surface area contributed by atoms with E-state index in [0.29, 0.717) is 32.7 Å². The maximum absolute atomic E-state index is 12.5. The van der Waals surface area contributed by atoms with Crippen LogP contribution in [0.15, 0.2) is 30.3 Å². The number of rotatable bonds is 8. The molecule has 1 aliphatic heterocycles. The van der Waals surface area contributed by atoms with Gasteiger partial charge in [-0.3, -0.25) is 9.59 Å². The van der Waals surface area contributed by atoms with Gasteiger partial charge in [0.1, 0.15) is 0 Å². The van der Waals surface area contributed by atoms with Crippen LogP contribution in [0.1, 0.15) is 44.1 Å². The van der Waals surface area contributed by atoms with E-state index in [-0.39, 0.29) is 23.7 Å². The van der Waals surface area contributed by atoms with E-state index in [1.165, 1.54) is 5.56 Å². The summed E-state index contributed by atoms with van der Waals surface area (Å²) in [4.78, 5) is 26.6. The van der Waals surface area contributed by atoms with Crippen LogP contribution < -0.4 is 5.32 Å². The van der Waals surface area contributed by atoms with E-state index in [0.717, 1.165) is 19.3 Å². The van der Waals surface area contributed by atoms with E-state index in [1.807, 2.05) is 23.1 Å². The highest BCUT2D eigenvalue weighted by atomic mass is 16.5. The predicted molar refractivity (Wildman–Crippen MR) is 98.3 cm³/mol. The van der Waals surface area contributed by atoms with Crippen molar-refractivity contribution in [3.63, 3.8) is 0 Å². The highest BCUT2D eigenvalue weighted by Crippen LogP contribution is 2.23. The number of likely N-dealkylation sites (tertiary alicyclic amines) is 1. The van der Waals surface area contributed by atoms with Gasteiger partial charge in [-0.2, -0.15) is 0 Å². The van der Waals surface area contributed by atoms with E-state index >= 15 is 0 Å². The molecule has 1 aliphatic rings. The minimum Gasteiger partial charge on any atom is -0.385 e. The third-order valence-corrected chi connectivity index (χ3v) is 4.89. The van der Waals surface area contributed by atoms with Crippen LogP contribution in [-0.2, 0) is 14.3 Å². The Morgan fingerprint density at radius 2 is 1.92 bits per heavy atom. The van der Waals surface area contributed by atoms with Gasteiger partial charge in [0.25, 0.3) is 0 Å². The molecule has 0 bridgehead atoms. The molecular formula is C20H30N2O3. The van der Waals surface area contributed by atoms with Gasteiger partial charge in [0.05, 0.1) is 0 Å². The number of methoxy groups -OCH3 is 1. The summed E-state index contributed by atoms with van der Waals surface area (Å²) < 4.78 is 4.98. The van der Waals surface area contributed by atoms with Crippen LogP contribution >= 0.6 is 0 Å². The van der Waals surface area contributed by atoms with Crippen molar-refractivity contribution in [1.82, 2.24) is 10.2 Å². The molecular weight excluding hydrogens is 316 g/mol. The fourth-order valence-electron chi connectivity index (χ4n) is 3.25. The van der Waals surface area contributed by atoms with E-state index in [2.05, 4.69) is 24.4 Å². The molecule has 0 radical (unpaired) electrons. The Bertz CT molecular complexity index is 539. The molecule has 0 spiro atoms. The van der Waals surface area contributed by atoms with Gasteiger partial charge in [0.15, 0.2) is 0 Å². The molecule has 2 amide bonds. The van der Waals surface area contributed by atoms with Crippen LogP contribution in [0.4, 0.5) is 0 Å². The number of ether oxygens (including phenoxy) is 1. The molecule has 1 saturated heterocycles. The van der Waals surface area contributed by atoms with Gasteiger partial charge in [-0.15, -0.1) is 0 Å². The number of carbonyl (C=O) groups excluding carboxylic acids is 2. The molecule has 138 valence electrons. The standard InChI is InChI=1S/C20H30N2O3/c1-16(17-7-4-3-5-8-17)15-19(23)22-12-9-18(10-13-22)20(24)21-11-6-14-25-2/h3-5,7-8,16,18H,6,9-15H2,1-2H3,(H,21,24)/t16-/m1/s1. The lowest BCUT2D eigenvalue weighted by Crippen LogP contribution is -2.43. The molecule has 2 rings (SSSR count). The van der Waals surface area contributed by atoms with Crippen LogP contribution in [0.2, 0.25) is 0 Å². The van der Waals surface area contributed by atoms with Gasteiger partial charge >= 0.3 is 0 Å². The molecule has 1 fully saturated rings. The van der Waals surface area contributed by atoms with E-state index in [1.54, 1.807) is 7.11 Å². The van der Waals surface area contributed by atoms with Gasteiger partial charge in [-0.1, -0.05) is 37.3 Å². The summed E-state index contributed by atoms with van der Waals surface area (Å²) in [5.41, 5.74) is 1.20. The molecule has 1 aromatic rings. The summed E-state index contributed by atoms with van der Waals surface area (Å²) in [6, 6.07) is 10.1. The lowest BCUT2D eigenvalue weighted by molar-refractivity contribution is -0.135. The lowest BCUT2D eigenvalue weighted by atomic mass is 9.93. The SMILES string of the molecule is COCCCNC(=O)C1CCN(C(=O)C[C@@H](C)c2ccccc2)CC1. The number of carbonyl (C=O) groups is 2. The molecule has 5 heteroatoms. The molecule has 25 heavy (non-hydrogen) atoms. The van der Waals surface area contributed by atoms with Crippen LogP contribution in [0.3, 0.4) is 0 Å². The van der Waals surface area contributed by atoms with Crippen molar-refractivity contribution in [3.8, 4) is 0 Å². The van der Waals surface area contributed by atoms with Gasteiger partial charge in [0, 0.05) is 45.7 Å². The van der Waals surface area contributed by atoms with E-state index in [9.17, 15) is 9.59 Å². The molecule has 0 saturated carbocycles. The summed E-state index contributed by atoms with van der Waals surface area (Å²) >= 11 is 0. The zero-order valence-corrected chi connectivity index (χ0v) is 15.4. The third-order valence-electron chi connectivity index (χ3n) is 4.89. The maximum atomic E-state index is 12.5. The topological polar surface area (TPSA) is 58.6 Å². The number of hydrogen-bond donors (Lipinski definition) is 1. The van der Waals surface area contributed by atoms with Crippen LogP contribution in [0.25, 0.3) is 0 Å². The molecule has 1 heterocycles. The lowest BCUT2D eigenvalue weighted by Gasteiger charge is -2.32. The monoisotopic (exact) mass is 346 g/mol. The van der Waals surface area contributed by atoms with Crippen LogP contribution in [0, 0.1) is 5.92 Å². The van der Waals surface area contributed by atoms with Crippen molar-refractivity contribution in [2.75, 3.05) is 33.4 Å². The van der Waals surface area contributed by atoms with Crippen molar-refractivity contribution in [2.45, 2.75) is 38.5 Å². The van der Waals surface area contributed by atoms with Crippen molar-refractivity contribution in [1.29, 1.82) is 0 Å². The summed E-state index contributed by atoms with van der Waals surface area (Å²) in [6.45, 7) is 4.76. The van der Waals surface area contributed by atoms with Crippen LogP contribution in [-0.4, -0.2) is 50.1 Å². The predicted octanol–water partition coefficient (Wildman–Crippen LogP) is 2.57. The number of benzene rings is 1. The first-order valence-electron chi connectivity index (χ1n) is 9.21. The second kappa shape index (κ2) is 10.2. The van der Waals surface area contributed by atoms with Crippen molar-refractivity contribution in [3.05, 3.63) is 35.9 Å². The van der Waals surface area contributed by atoms with Crippen molar-refractivity contribution in [2.24, 2.45) is 5.92 Å². The molecule has 1 aromatic carbocycles. The average molecular weight is 346 g/mol. The Hall–Kier alpha value is -1.88. The Kier molecular flexibility index (Phi) is 7.92. The highest BCUT2D eigenvalue weighted by Gasteiger charge is 2.27. The van der Waals surface area contributed by atoms with Gasteiger partial charge in [-0.05, 0) is 30.7 Å². The summed E-state index contributed by atoms with van der Waals surface area (Å²) in [6.07, 6.45) is 2.86. The van der Waals surface area contributed by atoms with Crippen LogP contribution in [0.5, 0.6) is 0 Å². The number of nitrogens with zero attached hydrogens (tertiary/aromatic N) is 1. The maximum Gasteiger partial charge on any atom is 0.223 e. The molecule has 0 aliphatic carbocycles.